The van der Waals surface area contributed by atoms with Gasteiger partial charge in [-0.05, 0) is 25.7 Å². The van der Waals surface area contributed by atoms with Crippen LogP contribution in [0.2, 0.25) is 0 Å². The summed E-state index contributed by atoms with van der Waals surface area (Å²) in [7, 11) is 0. The molecule has 21 heavy (non-hydrogen) atoms. The first-order valence-corrected chi connectivity index (χ1v) is 9.15. The fourth-order valence-electron chi connectivity index (χ4n) is 4.77. The summed E-state index contributed by atoms with van der Waals surface area (Å²) >= 11 is 0. The van der Waals surface area contributed by atoms with Crippen molar-refractivity contribution in [1.29, 1.82) is 0 Å². The zero-order valence-corrected chi connectivity index (χ0v) is 13.0. The van der Waals surface area contributed by atoms with Gasteiger partial charge in [-0.2, -0.15) is 0 Å². The van der Waals surface area contributed by atoms with Gasteiger partial charge in [0.1, 0.15) is 0 Å². The Morgan fingerprint density at radius 3 is 2.24 bits per heavy atom. The van der Waals surface area contributed by atoms with Crippen molar-refractivity contribution in [1.82, 2.24) is 26.6 Å². The normalized spacial score (nSPS) is 44.9. The minimum atomic E-state index is 0.398. The first-order valence-electron chi connectivity index (χ1n) is 9.15. The lowest BCUT2D eigenvalue weighted by molar-refractivity contribution is 0.0826. The van der Waals surface area contributed by atoms with Gasteiger partial charge >= 0.3 is 0 Å². The van der Waals surface area contributed by atoms with Crippen LogP contribution in [0.5, 0.6) is 0 Å². The predicted molar refractivity (Wildman–Crippen MR) is 84.8 cm³/mol. The maximum atomic E-state index is 3.95. The van der Waals surface area contributed by atoms with Gasteiger partial charge in [0.15, 0.2) is 0 Å². The van der Waals surface area contributed by atoms with E-state index in [0.717, 1.165) is 6.67 Å². The third-order valence-corrected chi connectivity index (χ3v) is 5.95. The zero-order chi connectivity index (χ0) is 14.1. The highest BCUT2D eigenvalue weighted by Crippen LogP contribution is 2.25. The summed E-state index contributed by atoms with van der Waals surface area (Å²) in [5, 5.41) is 18.9. The molecule has 5 heteroatoms. The van der Waals surface area contributed by atoms with Gasteiger partial charge in [-0.25, -0.2) is 0 Å². The van der Waals surface area contributed by atoms with Crippen LogP contribution in [0.15, 0.2) is 0 Å². The number of rotatable bonds is 2. The van der Waals surface area contributed by atoms with Crippen LogP contribution in [0.25, 0.3) is 0 Å². The Morgan fingerprint density at radius 1 is 0.714 bits per heavy atom. The number of hydrogen-bond acceptors (Lipinski definition) is 5. The van der Waals surface area contributed by atoms with Gasteiger partial charge in [0, 0.05) is 24.8 Å². The van der Waals surface area contributed by atoms with E-state index in [9.17, 15) is 0 Å². The van der Waals surface area contributed by atoms with Crippen molar-refractivity contribution in [2.75, 3.05) is 6.67 Å². The molecule has 0 bridgehead atoms. The molecule has 2 aliphatic carbocycles. The highest BCUT2D eigenvalue weighted by atomic mass is 15.4. The van der Waals surface area contributed by atoms with E-state index in [0.29, 0.717) is 36.5 Å². The molecule has 5 unspecified atom stereocenters. The van der Waals surface area contributed by atoms with E-state index >= 15 is 0 Å². The van der Waals surface area contributed by atoms with Crippen LogP contribution < -0.4 is 26.6 Å². The molecule has 0 aromatic rings. The van der Waals surface area contributed by atoms with Gasteiger partial charge in [-0.15, -0.1) is 0 Å². The summed E-state index contributed by atoms with van der Waals surface area (Å²) in [6.07, 6.45) is 13.2. The molecule has 2 heterocycles. The van der Waals surface area contributed by atoms with E-state index < -0.39 is 0 Å². The molecule has 4 rings (SSSR count). The second kappa shape index (κ2) is 6.50. The predicted octanol–water partition coefficient (Wildman–Crippen LogP) is 0.584. The highest BCUT2D eigenvalue weighted by Gasteiger charge is 2.42. The van der Waals surface area contributed by atoms with Gasteiger partial charge in [0.25, 0.3) is 0 Å². The van der Waals surface area contributed by atoms with Crippen molar-refractivity contribution >= 4 is 0 Å². The summed E-state index contributed by atoms with van der Waals surface area (Å²) < 4.78 is 0. The van der Waals surface area contributed by atoms with Crippen LogP contribution in [0, 0.1) is 0 Å². The Bertz CT molecular complexity index is 344. The maximum absolute atomic E-state index is 3.95. The Balaban J connectivity index is 1.40. The lowest BCUT2D eigenvalue weighted by Gasteiger charge is -2.51. The monoisotopic (exact) mass is 293 g/mol. The largest absolute Gasteiger partial charge is 0.304 e. The first kappa shape index (κ1) is 14.4. The molecule has 0 radical (unpaired) electrons. The summed E-state index contributed by atoms with van der Waals surface area (Å²) in [6.45, 7) is 0.900. The van der Waals surface area contributed by atoms with Crippen molar-refractivity contribution in [3.05, 3.63) is 0 Å². The zero-order valence-electron chi connectivity index (χ0n) is 13.0. The summed E-state index contributed by atoms with van der Waals surface area (Å²) in [5.74, 6) is 0. The molecule has 0 aromatic carbocycles. The van der Waals surface area contributed by atoms with Crippen molar-refractivity contribution in [2.45, 2.75) is 94.3 Å². The summed E-state index contributed by atoms with van der Waals surface area (Å²) in [4.78, 5) is 0. The minimum absolute atomic E-state index is 0.398. The van der Waals surface area contributed by atoms with Gasteiger partial charge in [0.05, 0.1) is 18.4 Å². The molecule has 5 N–H and O–H groups in total. The van der Waals surface area contributed by atoms with Gasteiger partial charge in [-0.1, -0.05) is 32.1 Å². The number of hydrogen-bond donors (Lipinski definition) is 5. The molecule has 120 valence electrons. The third-order valence-electron chi connectivity index (χ3n) is 5.95. The van der Waals surface area contributed by atoms with Crippen LogP contribution in [-0.2, 0) is 0 Å². The van der Waals surface area contributed by atoms with E-state index in [1.54, 1.807) is 0 Å². The number of piperazine rings is 1. The maximum Gasteiger partial charge on any atom is 0.0771 e. The fraction of sp³-hybridized carbons (Fsp3) is 1.00. The molecular weight excluding hydrogens is 262 g/mol. The van der Waals surface area contributed by atoms with Crippen LogP contribution in [0.1, 0.15) is 57.8 Å². The molecule has 5 atom stereocenters. The Kier molecular flexibility index (Phi) is 4.46. The second-order valence-electron chi connectivity index (χ2n) is 7.40. The third kappa shape index (κ3) is 3.13. The first-order chi connectivity index (χ1) is 10.4. The molecule has 0 spiro atoms. The van der Waals surface area contributed by atoms with Crippen molar-refractivity contribution < 1.29 is 0 Å². The van der Waals surface area contributed by atoms with Crippen LogP contribution in [0.3, 0.4) is 0 Å². The minimum Gasteiger partial charge on any atom is -0.304 e. The Labute approximate surface area is 128 Å². The average Bonchev–Trinajstić information content (AvgIpc) is 2.54. The topological polar surface area (TPSA) is 60.1 Å². The Hall–Kier alpha value is -0.200. The fourth-order valence-corrected chi connectivity index (χ4v) is 4.77. The molecule has 0 aromatic heterocycles. The molecule has 4 aliphatic rings. The van der Waals surface area contributed by atoms with Gasteiger partial charge < -0.3 is 5.32 Å². The van der Waals surface area contributed by atoms with E-state index in [2.05, 4.69) is 26.6 Å². The molecule has 2 saturated heterocycles. The van der Waals surface area contributed by atoms with Crippen LogP contribution in [-0.4, -0.2) is 43.2 Å². The molecule has 2 saturated carbocycles. The van der Waals surface area contributed by atoms with Gasteiger partial charge in [0.2, 0.25) is 0 Å². The molecule has 0 amide bonds. The molecule has 2 aliphatic heterocycles. The summed E-state index contributed by atoms with van der Waals surface area (Å²) in [5.41, 5.74) is 0. The highest BCUT2D eigenvalue weighted by molar-refractivity contribution is 5.04. The average molecular weight is 293 g/mol. The number of nitrogens with one attached hydrogen (secondary N) is 5. The van der Waals surface area contributed by atoms with Crippen LogP contribution in [0.4, 0.5) is 0 Å². The lowest BCUT2D eigenvalue weighted by atomic mass is 9.86. The van der Waals surface area contributed by atoms with E-state index in [1.807, 2.05) is 0 Å². The quantitative estimate of drug-likeness (QED) is 0.516. The molecule has 4 fully saturated rings. The second-order valence-corrected chi connectivity index (χ2v) is 7.40. The standard InChI is InChI=1S/C16H31N5/c1-2-6-11(7-3-1)19-15-14-16(18-10-17-15)21-13-9-5-4-8-12(13)20-14/h11-21H,1-10H2. The van der Waals surface area contributed by atoms with Crippen LogP contribution >= 0.6 is 0 Å². The Morgan fingerprint density at radius 2 is 1.43 bits per heavy atom. The smallest absolute Gasteiger partial charge is 0.0771 e. The van der Waals surface area contributed by atoms with E-state index in [4.69, 9.17) is 0 Å². The van der Waals surface area contributed by atoms with E-state index in [1.165, 1.54) is 57.8 Å². The molecule has 5 nitrogen and oxygen atoms in total. The van der Waals surface area contributed by atoms with Gasteiger partial charge in [-0.3, -0.25) is 21.3 Å². The molecular formula is C16H31N5. The van der Waals surface area contributed by atoms with Crippen molar-refractivity contribution in [2.24, 2.45) is 0 Å². The van der Waals surface area contributed by atoms with Crippen molar-refractivity contribution in [3.8, 4) is 0 Å². The SMILES string of the molecule is C1CCC(NC2NCNC3NC4CCCCC4NC23)CC1. The number of fused-ring (bicyclic) bond motifs is 2. The van der Waals surface area contributed by atoms with E-state index in [-0.39, 0.29) is 0 Å². The summed E-state index contributed by atoms with van der Waals surface area (Å²) in [6, 6.07) is 2.50. The lowest BCUT2D eigenvalue weighted by Crippen LogP contribution is -2.80. The van der Waals surface area contributed by atoms with Crippen molar-refractivity contribution in [3.63, 3.8) is 0 Å².